The molecule has 0 aliphatic rings. The molecule has 0 saturated heterocycles. The van der Waals surface area contributed by atoms with E-state index < -0.39 is 0 Å². The van der Waals surface area contributed by atoms with Gasteiger partial charge in [0, 0.05) is 12.7 Å². The molecule has 2 aromatic carbocycles. The van der Waals surface area contributed by atoms with Gasteiger partial charge in [0.25, 0.3) is 0 Å². The lowest BCUT2D eigenvalue weighted by molar-refractivity contribution is 1.16. The third kappa shape index (κ3) is 2.06. The van der Waals surface area contributed by atoms with Gasteiger partial charge in [-0.15, -0.1) is 0 Å². The van der Waals surface area contributed by atoms with E-state index in [-0.39, 0.29) is 0 Å². The molecule has 2 N–H and O–H groups in total. The number of nitrogens with zero attached hydrogens (tertiary/aromatic N) is 1. The van der Waals surface area contributed by atoms with Crippen LogP contribution in [0, 0.1) is 20.8 Å². The van der Waals surface area contributed by atoms with Crippen LogP contribution in [0.1, 0.15) is 16.7 Å². The first-order chi connectivity index (χ1) is 8.52. The van der Waals surface area contributed by atoms with Crippen LogP contribution in [-0.4, -0.2) is 7.05 Å². The Labute approximate surface area is 109 Å². The first kappa shape index (κ1) is 12.5. The highest BCUT2D eigenvalue weighted by Gasteiger charge is 2.11. The molecule has 0 aliphatic heterocycles. The lowest BCUT2D eigenvalue weighted by Gasteiger charge is -2.24. The van der Waals surface area contributed by atoms with Crippen molar-refractivity contribution in [2.45, 2.75) is 20.8 Å². The van der Waals surface area contributed by atoms with Gasteiger partial charge in [-0.25, -0.2) is 0 Å². The van der Waals surface area contributed by atoms with Crippen LogP contribution in [0.2, 0.25) is 0 Å². The number of nitrogens with two attached hydrogens (primary N) is 1. The summed E-state index contributed by atoms with van der Waals surface area (Å²) in [5, 5.41) is 0. The van der Waals surface area contributed by atoms with Gasteiger partial charge in [0.2, 0.25) is 0 Å². The normalized spacial score (nSPS) is 10.4. The van der Waals surface area contributed by atoms with Crippen molar-refractivity contribution in [3.63, 3.8) is 0 Å². The van der Waals surface area contributed by atoms with Gasteiger partial charge in [-0.05, 0) is 55.7 Å². The Balaban J connectivity index is 2.50. The average Bonchev–Trinajstić information content (AvgIpc) is 2.36. The monoisotopic (exact) mass is 240 g/mol. The minimum atomic E-state index is 0.803. The fourth-order valence-corrected chi connectivity index (χ4v) is 2.23. The zero-order chi connectivity index (χ0) is 13.3. The Bertz CT molecular complexity index is 573. The second-order valence-electron chi connectivity index (χ2n) is 4.77. The summed E-state index contributed by atoms with van der Waals surface area (Å²) in [6, 6.07) is 12.3. The molecule has 18 heavy (non-hydrogen) atoms. The molecule has 0 unspecified atom stereocenters. The maximum atomic E-state index is 6.04. The Hall–Kier alpha value is -1.96. The van der Waals surface area contributed by atoms with Gasteiger partial charge in [0.05, 0.1) is 11.4 Å². The van der Waals surface area contributed by atoms with Gasteiger partial charge in [-0.1, -0.05) is 18.2 Å². The molecule has 0 amide bonds. The molecular formula is C16H20N2. The molecule has 0 atom stereocenters. The average molecular weight is 240 g/mol. The van der Waals surface area contributed by atoms with Crippen molar-refractivity contribution in [3.05, 3.63) is 53.1 Å². The summed E-state index contributed by atoms with van der Waals surface area (Å²) in [6.07, 6.45) is 0. The number of para-hydroxylation sites is 2. The minimum Gasteiger partial charge on any atom is -0.397 e. The van der Waals surface area contributed by atoms with E-state index in [4.69, 9.17) is 5.73 Å². The van der Waals surface area contributed by atoms with Crippen LogP contribution in [-0.2, 0) is 0 Å². The van der Waals surface area contributed by atoms with Crippen LogP contribution in [0.15, 0.2) is 36.4 Å². The largest absolute Gasteiger partial charge is 0.397 e. The summed E-state index contributed by atoms with van der Waals surface area (Å²) in [5.74, 6) is 0. The summed E-state index contributed by atoms with van der Waals surface area (Å²) in [4.78, 5) is 2.15. The molecule has 0 spiro atoms. The van der Waals surface area contributed by atoms with Gasteiger partial charge >= 0.3 is 0 Å². The predicted octanol–water partition coefficient (Wildman–Crippen LogP) is 3.96. The molecule has 94 valence electrons. The number of aryl methyl sites for hydroxylation is 1. The number of rotatable bonds is 2. The first-order valence-electron chi connectivity index (χ1n) is 6.17. The van der Waals surface area contributed by atoms with Crippen molar-refractivity contribution >= 4 is 17.1 Å². The van der Waals surface area contributed by atoms with Gasteiger partial charge in [0.1, 0.15) is 0 Å². The molecule has 0 aliphatic carbocycles. The third-order valence-corrected chi connectivity index (χ3v) is 3.69. The fourth-order valence-electron chi connectivity index (χ4n) is 2.23. The van der Waals surface area contributed by atoms with Gasteiger partial charge in [-0.3, -0.25) is 0 Å². The van der Waals surface area contributed by atoms with Crippen molar-refractivity contribution in [2.24, 2.45) is 0 Å². The van der Waals surface area contributed by atoms with Crippen LogP contribution >= 0.6 is 0 Å². The van der Waals surface area contributed by atoms with Gasteiger partial charge < -0.3 is 10.6 Å². The van der Waals surface area contributed by atoms with Crippen molar-refractivity contribution < 1.29 is 0 Å². The zero-order valence-corrected chi connectivity index (χ0v) is 11.5. The fraction of sp³-hybridized carbons (Fsp3) is 0.250. The third-order valence-electron chi connectivity index (χ3n) is 3.69. The molecule has 0 radical (unpaired) electrons. The highest BCUT2D eigenvalue weighted by atomic mass is 15.1. The summed E-state index contributed by atoms with van der Waals surface area (Å²) >= 11 is 0. The molecule has 2 heteroatoms. The van der Waals surface area contributed by atoms with E-state index in [1.807, 2.05) is 24.3 Å². The van der Waals surface area contributed by atoms with Crippen molar-refractivity contribution in [2.75, 3.05) is 17.7 Å². The van der Waals surface area contributed by atoms with Crippen molar-refractivity contribution in [1.29, 1.82) is 0 Å². The Morgan fingerprint density at radius 1 is 0.833 bits per heavy atom. The lowest BCUT2D eigenvalue weighted by atomic mass is 10.0. The second-order valence-corrected chi connectivity index (χ2v) is 4.77. The SMILES string of the molecule is Cc1ccc(N(C)c2ccccc2N)c(C)c1C. The van der Waals surface area contributed by atoms with Crippen molar-refractivity contribution in [1.82, 2.24) is 0 Å². The molecule has 2 nitrogen and oxygen atoms in total. The second kappa shape index (κ2) is 4.73. The maximum absolute atomic E-state index is 6.04. The topological polar surface area (TPSA) is 29.3 Å². The first-order valence-corrected chi connectivity index (χ1v) is 6.17. The molecule has 0 bridgehead atoms. The van der Waals surface area contributed by atoms with Gasteiger partial charge in [0.15, 0.2) is 0 Å². The summed E-state index contributed by atoms with van der Waals surface area (Å²) < 4.78 is 0. The Morgan fingerprint density at radius 3 is 2.17 bits per heavy atom. The number of nitrogen functional groups attached to an aromatic ring is 1. The van der Waals surface area contributed by atoms with E-state index in [2.05, 4.69) is 44.9 Å². The number of anilines is 3. The molecule has 0 aromatic heterocycles. The summed E-state index contributed by atoms with van der Waals surface area (Å²) in [5.41, 5.74) is 13.1. The summed E-state index contributed by atoms with van der Waals surface area (Å²) in [7, 11) is 2.06. The maximum Gasteiger partial charge on any atom is 0.0641 e. The van der Waals surface area contributed by atoms with E-state index in [0.717, 1.165) is 11.4 Å². The van der Waals surface area contributed by atoms with Crippen LogP contribution in [0.25, 0.3) is 0 Å². The van der Waals surface area contributed by atoms with E-state index in [0.29, 0.717) is 0 Å². The Kier molecular flexibility index (Phi) is 3.28. The number of benzene rings is 2. The van der Waals surface area contributed by atoms with E-state index in [1.54, 1.807) is 0 Å². The van der Waals surface area contributed by atoms with Crippen LogP contribution in [0.3, 0.4) is 0 Å². The highest BCUT2D eigenvalue weighted by molar-refractivity contribution is 5.76. The molecule has 0 heterocycles. The standard InChI is InChI=1S/C16H20N2/c1-11-9-10-15(13(3)12(11)2)18(4)16-8-6-5-7-14(16)17/h5-10H,17H2,1-4H3. The quantitative estimate of drug-likeness (QED) is 0.805. The molecule has 0 fully saturated rings. The molecular weight excluding hydrogens is 220 g/mol. The Morgan fingerprint density at radius 2 is 1.50 bits per heavy atom. The van der Waals surface area contributed by atoms with Crippen LogP contribution in [0.5, 0.6) is 0 Å². The predicted molar refractivity (Wildman–Crippen MR) is 79.6 cm³/mol. The molecule has 0 saturated carbocycles. The zero-order valence-electron chi connectivity index (χ0n) is 11.5. The van der Waals surface area contributed by atoms with E-state index >= 15 is 0 Å². The van der Waals surface area contributed by atoms with Crippen molar-refractivity contribution in [3.8, 4) is 0 Å². The van der Waals surface area contributed by atoms with Crippen LogP contribution in [0.4, 0.5) is 17.1 Å². The minimum absolute atomic E-state index is 0.803. The highest BCUT2D eigenvalue weighted by Crippen LogP contribution is 2.32. The lowest BCUT2D eigenvalue weighted by Crippen LogP contribution is -2.13. The van der Waals surface area contributed by atoms with E-state index in [1.165, 1.54) is 22.4 Å². The smallest absolute Gasteiger partial charge is 0.0641 e. The number of hydrogen-bond acceptors (Lipinski definition) is 2. The summed E-state index contributed by atoms with van der Waals surface area (Å²) in [6.45, 7) is 6.46. The van der Waals surface area contributed by atoms with E-state index in [9.17, 15) is 0 Å². The number of hydrogen-bond donors (Lipinski definition) is 1. The van der Waals surface area contributed by atoms with Crippen LogP contribution < -0.4 is 10.6 Å². The van der Waals surface area contributed by atoms with Gasteiger partial charge in [-0.2, -0.15) is 0 Å². The molecule has 2 rings (SSSR count). The molecule has 2 aromatic rings.